The van der Waals surface area contributed by atoms with Gasteiger partial charge in [0, 0.05) is 18.7 Å². The van der Waals surface area contributed by atoms with Gasteiger partial charge in [-0.05, 0) is 29.6 Å². The Morgan fingerprint density at radius 1 is 0.828 bits per heavy atom. The largest absolute Gasteiger partial charge is 0.329 e. The summed E-state index contributed by atoms with van der Waals surface area (Å²) in [5.41, 5.74) is 4.90. The summed E-state index contributed by atoms with van der Waals surface area (Å²) in [6.45, 7) is 3.09. The molecule has 144 valence electrons. The lowest BCUT2D eigenvalue weighted by Crippen LogP contribution is -2.30. The Kier molecular flexibility index (Phi) is 5.77. The number of hydrogen-bond acceptors (Lipinski definition) is 4. The summed E-state index contributed by atoms with van der Waals surface area (Å²) in [6.07, 6.45) is 0. The van der Waals surface area contributed by atoms with Crippen LogP contribution in [0.1, 0.15) is 26.4 Å². The van der Waals surface area contributed by atoms with Crippen molar-refractivity contribution in [3.8, 4) is 11.3 Å². The highest BCUT2D eigenvalue weighted by atomic mass is 32.1. The van der Waals surface area contributed by atoms with Crippen molar-refractivity contribution in [1.29, 1.82) is 0 Å². The van der Waals surface area contributed by atoms with Crippen LogP contribution in [-0.2, 0) is 13.1 Å². The van der Waals surface area contributed by atoms with Gasteiger partial charge in [-0.15, -0.1) is 5.10 Å². The van der Waals surface area contributed by atoms with E-state index in [2.05, 4.69) is 9.59 Å². The fraction of sp³-hybridized carbons (Fsp3) is 0.125. The maximum atomic E-state index is 13.5. The van der Waals surface area contributed by atoms with Crippen molar-refractivity contribution in [2.75, 3.05) is 0 Å². The number of rotatable bonds is 6. The molecule has 0 bridgehead atoms. The van der Waals surface area contributed by atoms with E-state index < -0.39 is 0 Å². The molecule has 0 radical (unpaired) electrons. The van der Waals surface area contributed by atoms with Crippen LogP contribution in [0.3, 0.4) is 0 Å². The van der Waals surface area contributed by atoms with Crippen LogP contribution in [0.2, 0.25) is 0 Å². The zero-order valence-corrected chi connectivity index (χ0v) is 17.0. The summed E-state index contributed by atoms with van der Waals surface area (Å²) in [5, 5.41) is 4.25. The molecule has 5 heteroatoms. The van der Waals surface area contributed by atoms with Crippen molar-refractivity contribution < 1.29 is 4.79 Å². The Hall–Kier alpha value is -3.31. The van der Waals surface area contributed by atoms with Crippen molar-refractivity contribution >= 4 is 17.4 Å². The van der Waals surface area contributed by atoms with E-state index in [1.54, 1.807) is 0 Å². The summed E-state index contributed by atoms with van der Waals surface area (Å²) < 4.78 is 4.08. The van der Waals surface area contributed by atoms with Crippen LogP contribution >= 0.6 is 11.5 Å². The van der Waals surface area contributed by atoms with E-state index in [1.807, 2.05) is 96.8 Å². The molecule has 0 aliphatic carbocycles. The molecule has 1 aromatic heterocycles. The fourth-order valence-electron chi connectivity index (χ4n) is 3.18. The maximum absolute atomic E-state index is 13.5. The molecule has 0 N–H and O–H groups in total. The highest BCUT2D eigenvalue weighted by Crippen LogP contribution is 2.26. The van der Waals surface area contributed by atoms with E-state index in [4.69, 9.17) is 0 Å². The highest BCUT2D eigenvalue weighted by molar-refractivity contribution is 7.08. The quantitative estimate of drug-likeness (QED) is 0.439. The molecule has 0 aliphatic rings. The smallest absolute Gasteiger partial charge is 0.268 e. The minimum atomic E-state index is -0.0525. The first-order chi connectivity index (χ1) is 14.2. The first kappa shape index (κ1) is 19.0. The first-order valence-corrected chi connectivity index (χ1v) is 10.2. The lowest BCUT2D eigenvalue weighted by atomic mass is 10.1. The summed E-state index contributed by atoms with van der Waals surface area (Å²) >= 11 is 1.15. The molecule has 4 aromatic rings. The molecular weight excluding hydrogens is 378 g/mol. The third kappa shape index (κ3) is 4.58. The highest BCUT2D eigenvalue weighted by Gasteiger charge is 2.24. The second-order valence-corrected chi connectivity index (χ2v) is 7.70. The van der Waals surface area contributed by atoms with Crippen LogP contribution in [-0.4, -0.2) is 20.4 Å². The van der Waals surface area contributed by atoms with Crippen LogP contribution in [0.25, 0.3) is 11.3 Å². The van der Waals surface area contributed by atoms with Gasteiger partial charge in [0.1, 0.15) is 10.6 Å². The second-order valence-electron chi connectivity index (χ2n) is 6.95. The maximum Gasteiger partial charge on any atom is 0.268 e. The fourth-order valence-corrected chi connectivity index (χ4v) is 3.84. The minimum Gasteiger partial charge on any atom is -0.329 e. The van der Waals surface area contributed by atoms with Gasteiger partial charge in [-0.25, -0.2) is 0 Å². The van der Waals surface area contributed by atoms with Gasteiger partial charge in [0.25, 0.3) is 5.91 Å². The van der Waals surface area contributed by atoms with Crippen molar-refractivity contribution in [2.24, 2.45) is 0 Å². The van der Waals surface area contributed by atoms with E-state index in [9.17, 15) is 4.79 Å². The van der Waals surface area contributed by atoms with Crippen molar-refractivity contribution in [2.45, 2.75) is 20.0 Å². The number of carbonyl (C=O) groups excluding carboxylic acids is 1. The molecule has 0 saturated carbocycles. The summed E-state index contributed by atoms with van der Waals surface area (Å²) in [5.74, 6) is -0.0525. The summed E-state index contributed by atoms with van der Waals surface area (Å²) in [4.78, 5) is 16.0. The molecule has 0 fully saturated rings. The third-order valence-corrected chi connectivity index (χ3v) is 5.44. The SMILES string of the molecule is Cc1ccc(-c2nnsc2C(=O)N(Cc2ccccc2)Cc2ccccc2)cc1. The van der Waals surface area contributed by atoms with Gasteiger partial charge >= 0.3 is 0 Å². The van der Waals surface area contributed by atoms with Crippen molar-refractivity contribution in [1.82, 2.24) is 14.5 Å². The Balaban J connectivity index is 1.66. The Morgan fingerprint density at radius 3 is 1.93 bits per heavy atom. The molecule has 3 aromatic carbocycles. The minimum absolute atomic E-state index is 0.0525. The molecule has 1 amide bonds. The number of amides is 1. The first-order valence-electron chi connectivity index (χ1n) is 9.47. The lowest BCUT2D eigenvalue weighted by molar-refractivity contribution is 0.0735. The van der Waals surface area contributed by atoms with Crippen LogP contribution in [0.15, 0.2) is 84.9 Å². The second kappa shape index (κ2) is 8.80. The van der Waals surface area contributed by atoms with Crippen molar-refractivity contribution in [3.05, 3.63) is 106 Å². The number of aromatic nitrogens is 2. The monoisotopic (exact) mass is 399 g/mol. The van der Waals surface area contributed by atoms with Gasteiger partial charge in [0.15, 0.2) is 0 Å². The lowest BCUT2D eigenvalue weighted by Gasteiger charge is -2.22. The van der Waals surface area contributed by atoms with Gasteiger partial charge in [0.05, 0.1) is 0 Å². The molecule has 0 unspecified atom stereocenters. The van der Waals surface area contributed by atoms with E-state index in [0.29, 0.717) is 23.7 Å². The van der Waals surface area contributed by atoms with Gasteiger partial charge in [-0.2, -0.15) is 0 Å². The van der Waals surface area contributed by atoms with Gasteiger partial charge in [-0.1, -0.05) is 95.0 Å². The van der Waals surface area contributed by atoms with Crippen LogP contribution in [0, 0.1) is 6.92 Å². The predicted molar refractivity (Wildman–Crippen MR) is 117 cm³/mol. The molecule has 4 nitrogen and oxygen atoms in total. The standard InChI is InChI=1S/C24H21N3OS/c1-18-12-14-21(15-13-18)22-23(29-26-25-22)24(28)27(16-19-8-4-2-5-9-19)17-20-10-6-3-7-11-20/h2-15H,16-17H2,1H3. The van der Waals surface area contributed by atoms with Crippen LogP contribution in [0.5, 0.6) is 0 Å². The van der Waals surface area contributed by atoms with E-state index in [1.165, 1.54) is 5.56 Å². The Bertz CT molecular complexity index is 1030. The Labute approximate surface area is 174 Å². The molecule has 0 spiro atoms. The van der Waals surface area contributed by atoms with E-state index >= 15 is 0 Å². The topological polar surface area (TPSA) is 46.1 Å². The number of nitrogens with zero attached hydrogens (tertiary/aromatic N) is 3. The Morgan fingerprint density at radius 2 is 1.38 bits per heavy atom. The molecule has 0 saturated heterocycles. The molecule has 4 rings (SSSR count). The molecule has 0 atom stereocenters. The molecule has 29 heavy (non-hydrogen) atoms. The van der Waals surface area contributed by atoms with Gasteiger partial charge < -0.3 is 4.90 Å². The summed E-state index contributed by atoms with van der Waals surface area (Å²) in [7, 11) is 0. The molecule has 0 aliphatic heterocycles. The predicted octanol–water partition coefficient (Wildman–Crippen LogP) is 5.36. The zero-order valence-electron chi connectivity index (χ0n) is 16.2. The number of hydrogen-bond donors (Lipinski definition) is 0. The summed E-state index contributed by atoms with van der Waals surface area (Å²) in [6, 6.07) is 28.1. The molecule has 1 heterocycles. The number of aryl methyl sites for hydroxylation is 1. The van der Waals surface area contributed by atoms with Crippen molar-refractivity contribution in [3.63, 3.8) is 0 Å². The van der Waals surface area contributed by atoms with E-state index in [-0.39, 0.29) is 5.91 Å². The zero-order chi connectivity index (χ0) is 20.1. The van der Waals surface area contributed by atoms with Crippen LogP contribution < -0.4 is 0 Å². The number of benzene rings is 3. The normalized spacial score (nSPS) is 10.7. The molecular formula is C24H21N3OS. The average molecular weight is 400 g/mol. The van der Waals surface area contributed by atoms with Crippen LogP contribution in [0.4, 0.5) is 0 Å². The number of carbonyl (C=O) groups is 1. The van der Waals surface area contributed by atoms with E-state index in [0.717, 1.165) is 28.2 Å². The third-order valence-electron chi connectivity index (χ3n) is 4.73. The van der Waals surface area contributed by atoms with Gasteiger partial charge in [0.2, 0.25) is 0 Å². The average Bonchev–Trinajstić information content (AvgIpc) is 3.25. The van der Waals surface area contributed by atoms with Gasteiger partial charge in [-0.3, -0.25) is 4.79 Å².